The van der Waals surface area contributed by atoms with Gasteiger partial charge in [0.25, 0.3) is 5.91 Å². The number of benzene rings is 1. The van der Waals surface area contributed by atoms with Gasteiger partial charge < -0.3 is 14.8 Å². The number of nitrogens with one attached hydrogen (secondary N) is 1. The minimum Gasteiger partial charge on any atom is -0.358 e. The maximum absolute atomic E-state index is 13.1. The lowest BCUT2D eigenvalue weighted by atomic mass is 9.94. The fraction of sp³-hybridized carbons (Fsp3) is 0.565. The highest BCUT2D eigenvalue weighted by molar-refractivity contribution is 5.99. The van der Waals surface area contributed by atoms with Gasteiger partial charge in [0.15, 0.2) is 0 Å². The van der Waals surface area contributed by atoms with Gasteiger partial charge in [0.1, 0.15) is 0 Å². The van der Waals surface area contributed by atoms with Crippen LogP contribution in [-0.2, 0) is 17.6 Å². The Hall–Kier alpha value is -2.30. The molecule has 2 fully saturated rings. The van der Waals surface area contributed by atoms with Gasteiger partial charge in [-0.05, 0) is 75.1 Å². The monoisotopic (exact) mass is 379 g/mol. The summed E-state index contributed by atoms with van der Waals surface area (Å²) >= 11 is 0. The number of hydrogen-bond donors (Lipinski definition) is 1. The van der Waals surface area contributed by atoms with Crippen molar-refractivity contribution in [2.75, 3.05) is 26.2 Å². The van der Waals surface area contributed by atoms with Crippen molar-refractivity contribution in [1.82, 2.24) is 14.8 Å². The molecule has 2 aliphatic heterocycles. The van der Waals surface area contributed by atoms with E-state index in [0.29, 0.717) is 19.0 Å². The van der Waals surface area contributed by atoms with E-state index in [1.165, 1.54) is 29.5 Å². The maximum Gasteiger partial charge on any atom is 0.253 e. The van der Waals surface area contributed by atoms with Crippen molar-refractivity contribution in [3.63, 3.8) is 0 Å². The van der Waals surface area contributed by atoms with Crippen molar-refractivity contribution in [3.8, 4) is 0 Å². The lowest BCUT2D eigenvalue weighted by Gasteiger charge is -2.33. The van der Waals surface area contributed by atoms with Crippen molar-refractivity contribution in [2.24, 2.45) is 5.92 Å². The lowest BCUT2D eigenvalue weighted by molar-refractivity contribution is -0.135. The van der Waals surface area contributed by atoms with Crippen LogP contribution in [0.3, 0.4) is 0 Å². The number of aryl methyl sites for hydroxylation is 2. The number of amides is 2. The average molecular weight is 380 g/mol. The van der Waals surface area contributed by atoms with Gasteiger partial charge in [-0.15, -0.1) is 0 Å². The number of rotatable bonds is 2. The second-order valence-corrected chi connectivity index (χ2v) is 8.65. The number of carbonyl (C=O) groups is 2. The van der Waals surface area contributed by atoms with Crippen molar-refractivity contribution < 1.29 is 9.59 Å². The second kappa shape index (κ2) is 7.26. The summed E-state index contributed by atoms with van der Waals surface area (Å²) in [6.45, 7) is 3.21. The van der Waals surface area contributed by atoms with E-state index in [2.05, 4.69) is 17.1 Å². The van der Waals surface area contributed by atoms with Gasteiger partial charge in [0, 0.05) is 54.3 Å². The summed E-state index contributed by atoms with van der Waals surface area (Å²) in [4.78, 5) is 33.2. The van der Waals surface area contributed by atoms with Crippen LogP contribution >= 0.6 is 0 Å². The molecule has 3 aliphatic rings. The maximum atomic E-state index is 13.1. The topological polar surface area (TPSA) is 56.4 Å². The van der Waals surface area contributed by atoms with Crippen LogP contribution in [0.15, 0.2) is 18.2 Å². The van der Waals surface area contributed by atoms with Crippen LogP contribution in [0.4, 0.5) is 0 Å². The molecule has 0 radical (unpaired) electrons. The molecule has 5 heteroatoms. The number of hydrogen-bond acceptors (Lipinski definition) is 2. The number of carbonyl (C=O) groups excluding carboxylic acids is 2. The number of piperidine rings is 1. The van der Waals surface area contributed by atoms with Gasteiger partial charge >= 0.3 is 0 Å². The van der Waals surface area contributed by atoms with Crippen LogP contribution in [0.25, 0.3) is 10.9 Å². The Morgan fingerprint density at radius 3 is 2.43 bits per heavy atom. The average Bonchev–Trinajstić information content (AvgIpc) is 3.40. The minimum atomic E-state index is 0.0984. The minimum absolute atomic E-state index is 0.0984. The summed E-state index contributed by atoms with van der Waals surface area (Å²) in [7, 11) is 0. The fourth-order valence-corrected chi connectivity index (χ4v) is 5.25. The summed E-state index contributed by atoms with van der Waals surface area (Å²) in [6.07, 6.45) is 8.56. The van der Waals surface area contributed by atoms with Crippen LogP contribution in [0.2, 0.25) is 0 Å². The van der Waals surface area contributed by atoms with Crippen LogP contribution in [0.5, 0.6) is 0 Å². The highest BCUT2D eigenvalue weighted by Gasteiger charge is 2.31. The van der Waals surface area contributed by atoms with E-state index >= 15 is 0 Å². The highest BCUT2D eigenvalue weighted by atomic mass is 16.2. The summed E-state index contributed by atoms with van der Waals surface area (Å²) < 4.78 is 0. The molecule has 28 heavy (non-hydrogen) atoms. The SMILES string of the molecule is O=C(c1ccc2[nH]c3c(c2c1)CCCC3)N1CCC(C(=O)N2CCCC2)CC1. The first kappa shape index (κ1) is 17.8. The van der Waals surface area contributed by atoms with Crippen LogP contribution in [0.1, 0.15) is 60.1 Å². The third kappa shape index (κ3) is 3.11. The van der Waals surface area contributed by atoms with E-state index in [9.17, 15) is 9.59 Å². The zero-order valence-electron chi connectivity index (χ0n) is 16.5. The van der Waals surface area contributed by atoms with Crippen molar-refractivity contribution in [2.45, 2.75) is 51.4 Å². The molecule has 1 aliphatic carbocycles. The summed E-state index contributed by atoms with van der Waals surface area (Å²) in [5.74, 6) is 0.519. The molecule has 0 unspecified atom stereocenters. The third-order valence-electron chi connectivity index (χ3n) is 6.89. The van der Waals surface area contributed by atoms with Gasteiger partial charge in [-0.2, -0.15) is 0 Å². The number of nitrogens with zero attached hydrogens (tertiary/aromatic N) is 2. The molecule has 5 rings (SSSR count). The molecular formula is C23H29N3O2. The first-order valence-corrected chi connectivity index (χ1v) is 10.9. The van der Waals surface area contributed by atoms with Crippen molar-refractivity contribution in [3.05, 3.63) is 35.0 Å². The van der Waals surface area contributed by atoms with E-state index in [1.807, 2.05) is 15.9 Å². The van der Waals surface area contributed by atoms with Crippen LogP contribution in [-0.4, -0.2) is 52.8 Å². The quantitative estimate of drug-likeness (QED) is 0.868. The molecule has 1 aromatic carbocycles. The Kier molecular flexibility index (Phi) is 4.61. The van der Waals surface area contributed by atoms with Crippen LogP contribution in [0, 0.1) is 5.92 Å². The molecule has 1 aromatic heterocycles. The molecule has 0 spiro atoms. The summed E-state index contributed by atoms with van der Waals surface area (Å²) in [6, 6.07) is 6.10. The smallest absolute Gasteiger partial charge is 0.253 e. The predicted molar refractivity (Wildman–Crippen MR) is 109 cm³/mol. The lowest BCUT2D eigenvalue weighted by Crippen LogP contribution is -2.43. The first-order chi connectivity index (χ1) is 13.7. The Bertz CT molecular complexity index is 902. The van der Waals surface area contributed by atoms with E-state index < -0.39 is 0 Å². The molecule has 1 N–H and O–H groups in total. The number of aromatic nitrogens is 1. The molecule has 148 valence electrons. The van der Waals surface area contributed by atoms with E-state index in [1.54, 1.807) is 0 Å². The molecule has 0 bridgehead atoms. The zero-order valence-corrected chi connectivity index (χ0v) is 16.5. The molecule has 2 saturated heterocycles. The van der Waals surface area contributed by atoms with Crippen molar-refractivity contribution in [1.29, 1.82) is 0 Å². The van der Waals surface area contributed by atoms with Crippen LogP contribution < -0.4 is 0 Å². The van der Waals surface area contributed by atoms with E-state index in [-0.39, 0.29) is 11.8 Å². The van der Waals surface area contributed by atoms with Gasteiger partial charge in [0.2, 0.25) is 5.91 Å². The number of H-pyrrole nitrogens is 1. The molecule has 2 amide bonds. The molecular weight excluding hydrogens is 350 g/mol. The van der Waals surface area contributed by atoms with Crippen molar-refractivity contribution >= 4 is 22.7 Å². The predicted octanol–water partition coefficient (Wildman–Crippen LogP) is 3.52. The number of fused-ring (bicyclic) bond motifs is 3. The summed E-state index contributed by atoms with van der Waals surface area (Å²) in [5.41, 5.74) is 4.69. The molecule has 0 saturated carbocycles. The highest BCUT2D eigenvalue weighted by Crippen LogP contribution is 2.30. The Balaban J connectivity index is 1.28. The van der Waals surface area contributed by atoms with Gasteiger partial charge in [-0.1, -0.05) is 0 Å². The zero-order chi connectivity index (χ0) is 19.1. The molecule has 3 heterocycles. The van der Waals surface area contributed by atoms with Gasteiger partial charge in [-0.3, -0.25) is 9.59 Å². The number of aromatic amines is 1. The van der Waals surface area contributed by atoms with Gasteiger partial charge in [0.05, 0.1) is 0 Å². The molecule has 0 atom stereocenters. The van der Waals surface area contributed by atoms with Gasteiger partial charge in [-0.25, -0.2) is 0 Å². The third-order valence-corrected chi connectivity index (χ3v) is 6.89. The Morgan fingerprint density at radius 2 is 1.64 bits per heavy atom. The van der Waals surface area contributed by atoms with E-state index in [4.69, 9.17) is 0 Å². The normalized spacial score (nSPS) is 20.6. The Labute approximate surface area is 166 Å². The molecule has 5 nitrogen and oxygen atoms in total. The molecule has 2 aromatic rings. The standard InChI is InChI=1S/C23H29N3O2/c27-22(25-11-3-4-12-25)16-9-13-26(14-10-16)23(28)17-7-8-21-19(15-17)18-5-1-2-6-20(18)24-21/h7-8,15-16,24H,1-6,9-14H2. The van der Waals surface area contributed by atoms with E-state index in [0.717, 1.165) is 62.7 Å². The largest absolute Gasteiger partial charge is 0.358 e. The number of likely N-dealkylation sites (tertiary alicyclic amines) is 2. The summed E-state index contributed by atoms with van der Waals surface area (Å²) in [5, 5.41) is 1.22. The first-order valence-electron chi connectivity index (χ1n) is 10.9. The fourth-order valence-electron chi connectivity index (χ4n) is 5.25. The Morgan fingerprint density at radius 1 is 0.893 bits per heavy atom. The second-order valence-electron chi connectivity index (χ2n) is 8.65.